The molecule has 0 aliphatic carbocycles. The van der Waals surface area contributed by atoms with Crippen LogP contribution in [0.2, 0.25) is 0 Å². The van der Waals surface area contributed by atoms with Crippen LogP contribution in [0, 0.1) is 0 Å². The fourth-order valence-corrected chi connectivity index (χ4v) is 3.38. The first-order chi connectivity index (χ1) is 9.33. The summed E-state index contributed by atoms with van der Waals surface area (Å²) in [6.45, 7) is 2.15. The molecule has 2 heteroatoms. The van der Waals surface area contributed by atoms with Gasteiger partial charge >= 0.3 is 0 Å². The van der Waals surface area contributed by atoms with Gasteiger partial charge in [0.1, 0.15) is 0 Å². The van der Waals surface area contributed by atoms with Crippen LogP contribution in [0.3, 0.4) is 0 Å². The summed E-state index contributed by atoms with van der Waals surface area (Å²) in [4.78, 5) is 12.7. The van der Waals surface area contributed by atoms with Crippen LogP contribution in [-0.4, -0.2) is 6.29 Å². The van der Waals surface area contributed by atoms with Crippen molar-refractivity contribution >= 4 is 28.4 Å². The molecule has 1 aromatic heterocycles. The molecule has 1 nitrogen and oxygen atoms in total. The van der Waals surface area contributed by atoms with Crippen molar-refractivity contribution in [3.05, 3.63) is 59.0 Å². The van der Waals surface area contributed by atoms with Crippen molar-refractivity contribution < 1.29 is 4.79 Å². The lowest BCUT2D eigenvalue weighted by molar-refractivity contribution is 0.112. The standard InChI is InChI=1S/C17H14OS/c1-2-12-9-17(19-11-12)15-8-7-13-5-3-4-6-14(13)16(15)10-18/h3-11H,2H2,1H3. The Balaban J connectivity index is 2.26. The second-order valence-electron chi connectivity index (χ2n) is 4.54. The van der Waals surface area contributed by atoms with Crippen LogP contribution < -0.4 is 0 Å². The van der Waals surface area contributed by atoms with Crippen LogP contribution in [-0.2, 0) is 6.42 Å². The average molecular weight is 266 g/mol. The van der Waals surface area contributed by atoms with Gasteiger partial charge in [-0.25, -0.2) is 0 Å². The Morgan fingerprint density at radius 2 is 2.00 bits per heavy atom. The topological polar surface area (TPSA) is 17.1 Å². The van der Waals surface area contributed by atoms with E-state index in [4.69, 9.17) is 0 Å². The van der Waals surface area contributed by atoms with E-state index in [9.17, 15) is 4.79 Å². The molecule has 19 heavy (non-hydrogen) atoms. The maximum Gasteiger partial charge on any atom is 0.151 e. The van der Waals surface area contributed by atoms with E-state index < -0.39 is 0 Å². The minimum absolute atomic E-state index is 0.794. The molecular formula is C17H14OS. The van der Waals surface area contributed by atoms with Crippen molar-refractivity contribution in [3.63, 3.8) is 0 Å². The number of carbonyl (C=O) groups is 1. The molecule has 0 spiro atoms. The van der Waals surface area contributed by atoms with Gasteiger partial charge in [-0.3, -0.25) is 4.79 Å². The summed E-state index contributed by atoms with van der Waals surface area (Å²) in [5.41, 5.74) is 3.16. The Hall–Kier alpha value is -1.93. The first-order valence-electron chi connectivity index (χ1n) is 6.38. The number of fused-ring (bicyclic) bond motifs is 1. The van der Waals surface area contributed by atoms with E-state index in [2.05, 4.69) is 30.5 Å². The molecule has 0 fully saturated rings. The van der Waals surface area contributed by atoms with Gasteiger partial charge in [-0.1, -0.05) is 43.3 Å². The van der Waals surface area contributed by atoms with Gasteiger partial charge in [0.2, 0.25) is 0 Å². The fraction of sp³-hybridized carbons (Fsp3) is 0.118. The van der Waals surface area contributed by atoms with Crippen LogP contribution in [0.4, 0.5) is 0 Å². The van der Waals surface area contributed by atoms with Gasteiger partial charge in [-0.05, 0) is 34.2 Å². The zero-order chi connectivity index (χ0) is 13.2. The second kappa shape index (κ2) is 4.98. The van der Waals surface area contributed by atoms with E-state index >= 15 is 0 Å². The third-order valence-corrected chi connectivity index (χ3v) is 4.43. The van der Waals surface area contributed by atoms with Gasteiger partial charge in [-0.15, -0.1) is 11.3 Å². The van der Waals surface area contributed by atoms with Gasteiger partial charge in [-0.2, -0.15) is 0 Å². The molecule has 0 saturated carbocycles. The molecule has 0 aliphatic rings. The SMILES string of the molecule is CCc1csc(-c2ccc3ccccc3c2C=O)c1. The normalized spacial score (nSPS) is 10.8. The largest absolute Gasteiger partial charge is 0.298 e. The van der Waals surface area contributed by atoms with Gasteiger partial charge < -0.3 is 0 Å². The molecule has 0 unspecified atom stereocenters. The Bertz CT molecular complexity index is 740. The van der Waals surface area contributed by atoms with Crippen molar-refractivity contribution in [1.29, 1.82) is 0 Å². The molecule has 0 atom stereocenters. The van der Waals surface area contributed by atoms with E-state index in [0.29, 0.717) is 0 Å². The number of hydrogen-bond donors (Lipinski definition) is 0. The molecule has 0 N–H and O–H groups in total. The summed E-state index contributed by atoms with van der Waals surface area (Å²) >= 11 is 1.71. The van der Waals surface area contributed by atoms with Crippen LogP contribution in [0.15, 0.2) is 47.8 Å². The van der Waals surface area contributed by atoms with E-state index in [1.54, 1.807) is 11.3 Å². The molecule has 0 aliphatic heterocycles. The van der Waals surface area contributed by atoms with Gasteiger partial charge in [0.25, 0.3) is 0 Å². The highest BCUT2D eigenvalue weighted by molar-refractivity contribution is 7.13. The summed E-state index contributed by atoms with van der Waals surface area (Å²) in [7, 11) is 0. The first kappa shape index (κ1) is 12.1. The second-order valence-corrected chi connectivity index (χ2v) is 5.45. The Morgan fingerprint density at radius 1 is 1.16 bits per heavy atom. The molecule has 1 heterocycles. The molecule has 0 radical (unpaired) electrons. The highest BCUT2D eigenvalue weighted by Gasteiger charge is 2.10. The van der Waals surface area contributed by atoms with Crippen molar-refractivity contribution in [2.45, 2.75) is 13.3 Å². The quantitative estimate of drug-likeness (QED) is 0.613. The monoisotopic (exact) mass is 266 g/mol. The Kier molecular flexibility index (Phi) is 3.18. The lowest BCUT2D eigenvalue weighted by atomic mass is 9.98. The zero-order valence-corrected chi connectivity index (χ0v) is 11.5. The first-order valence-corrected chi connectivity index (χ1v) is 7.26. The highest BCUT2D eigenvalue weighted by atomic mass is 32.1. The maximum atomic E-state index is 11.5. The number of aryl methyl sites for hydroxylation is 1. The highest BCUT2D eigenvalue weighted by Crippen LogP contribution is 2.33. The zero-order valence-electron chi connectivity index (χ0n) is 10.7. The predicted octanol–water partition coefficient (Wildman–Crippen LogP) is 4.94. The van der Waals surface area contributed by atoms with E-state index in [0.717, 1.165) is 34.6 Å². The predicted molar refractivity (Wildman–Crippen MR) is 82.0 cm³/mol. The van der Waals surface area contributed by atoms with Crippen molar-refractivity contribution in [2.24, 2.45) is 0 Å². The number of hydrogen-bond acceptors (Lipinski definition) is 2. The number of aldehydes is 1. The van der Waals surface area contributed by atoms with E-state index in [-0.39, 0.29) is 0 Å². The third-order valence-electron chi connectivity index (χ3n) is 3.42. The Labute approximate surface area is 116 Å². The molecule has 94 valence electrons. The molecular weight excluding hydrogens is 252 g/mol. The summed E-state index contributed by atoms with van der Waals surface area (Å²) in [5, 5.41) is 4.31. The van der Waals surface area contributed by atoms with Crippen LogP contribution in [0.1, 0.15) is 22.8 Å². The van der Waals surface area contributed by atoms with Crippen molar-refractivity contribution in [3.8, 4) is 10.4 Å². The van der Waals surface area contributed by atoms with Crippen LogP contribution in [0.25, 0.3) is 21.2 Å². The van der Waals surface area contributed by atoms with Crippen molar-refractivity contribution in [1.82, 2.24) is 0 Å². The van der Waals surface area contributed by atoms with Gasteiger partial charge in [0.05, 0.1) is 0 Å². The van der Waals surface area contributed by atoms with Crippen molar-refractivity contribution in [2.75, 3.05) is 0 Å². The van der Waals surface area contributed by atoms with Crippen LogP contribution in [0.5, 0.6) is 0 Å². The van der Waals surface area contributed by atoms with E-state index in [1.165, 1.54) is 10.4 Å². The molecule has 0 bridgehead atoms. The molecule has 3 rings (SSSR count). The lowest BCUT2D eigenvalue weighted by Gasteiger charge is -2.06. The molecule has 3 aromatic rings. The minimum atomic E-state index is 0.794. The third kappa shape index (κ3) is 2.08. The number of benzene rings is 2. The fourth-order valence-electron chi connectivity index (χ4n) is 2.34. The number of rotatable bonds is 3. The molecule has 0 saturated heterocycles. The van der Waals surface area contributed by atoms with Crippen LogP contribution >= 0.6 is 11.3 Å². The number of carbonyl (C=O) groups excluding carboxylic acids is 1. The lowest BCUT2D eigenvalue weighted by Crippen LogP contribution is -1.88. The smallest absolute Gasteiger partial charge is 0.151 e. The Morgan fingerprint density at radius 3 is 2.74 bits per heavy atom. The van der Waals surface area contributed by atoms with Gasteiger partial charge in [0.15, 0.2) is 6.29 Å². The van der Waals surface area contributed by atoms with Gasteiger partial charge in [0, 0.05) is 16.0 Å². The number of thiophene rings is 1. The average Bonchev–Trinajstić information content (AvgIpc) is 2.94. The summed E-state index contributed by atoms with van der Waals surface area (Å²) in [5.74, 6) is 0. The van der Waals surface area contributed by atoms with E-state index in [1.807, 2.05) is 24.3 Å². The minimum Gasteiger partial charge on any atom is -0.298 e. The maximum absolute atomic E-state index is 11.5. The summed E-state index contributed by atoms with van der Waals surface area (Å²) in [6, 6.07) is 14.3. The summed E-state index contributed by atoms with van der Waals surface area (Å²) < 4.78 is 0. The summed E-state index contributed by atoms with van der Waals surface area (Å²) in [6.07, 6.45) is 2.00. The molecule has 2 aromatic carbocycles. The molecule has 0 amide bonds.